The predicted molar refractivity (Wildman–Crippen MR) is 74.4 cm³/mol. The van der Waals surface area contributed by atoms with Gasteiger partial charge in [0.25, 0.3) is 5.69 Å². The Morgan fingerprint density at radius 3 is 3.10 bits per heavy atom. The van der Waals surface area contributed by atoms with E-state index in [0.717, 1.165) is 19.5 Å². The summed E-state index contributed by atoms with van der Waals surface area (Å²) in [6, 6.07) is 4.30. The van der Waals surface area contributed by atoms with E-state index in [1.807, 2.05) is 0 Å². The second kappa shape index (κ2) is 6.06. The van der Waals surface area contributed by atoms with E-state index in [-0.39, 0.29) is 24.2 Å². The van der Waals surface area contributed by atoms with Crippen LogP contribution in [0.25, 0.3) is 11.1 Å². The van der Waals surface area contributed by atoms with Crippen LogP contribution in [0.5, 0.6) is 6.08 Å². The first kappa shape index (κ1) is 14.5. The van der Waals surface area contributed by atoms with Gasteiger partial charge in [0.15, 0.2) is 5.58 Å². The molecule has 0 radical (unpaired) electrons. The highest BCUT2D eigenvalue weighted by atomic mass is 35.5. The fourth-order valence-corrected chi connectivity index (χ4v) is 2.12. The van der Waals surface area contributed by atoms with Crippen LogP contribution in [0.1, 0.15) is 6.42 Å². The SMILES string of the molecule is Cl.O=[N+]([O-])c1ccc2oc(OCC3CCNC3)nc2c1. The zero-order valence-corrected chi connectivity index (χ0v) is 11.4. The third-order valence-corrected chi connectivity index (χ3v) is 3.17. The number of aromatic nitrogens is 1. The minimum absolute atomic E-state index is 0. The number of fused-ring (bicyclic) bond motifs is 1. The number of halogens is 1. The highest BCUT2D eigenvalue weighted by molar-refractivity contribution is 5.85. The number of nitro benzene ring substituents is 1. The molecule has 1 aliphatic rings. The fraction of sp³-hybridized carbons (Fsp3) is 0.417. The maximum atomic E-state index is 10.7. The Balaban J connectivity index is 0.00000147. The maximum absolute atomic E-state index is 10.7. The zero-order chi connectivity index (χ0) is 13.2. The Morgan fingerprint density at radius 1 is 1.55 bits per heavy atom. The van der Waals surface area contributed by atoms with Crippen molar-refractivity contribution in [2.75, 3.05) is 19.7 Å². The maximum Gasteiger partial charge on any atom is 0.394 e. The van der Waals surface area contributed by atoms with Gasteiger partial charge in [-0.25, -0.2) is 0 Å². The molecule has 1 aromatic carbocycles. The lowest BCUT2D eigenvalue weighted by atomic mass is 10.1. The summed E-state index contributed by atoms with van der Waals surface area (Å²) < 4.78 is 10.9. The predicted octanol–water partition coefficient (Wildman–Crippen LogP) is 2.15. The zero-order valence-electron chi connectivity index (χ0n) is 10.6. The quantitative estimate of drug-likeness (QED) is 0.687. The molecule has 1 aliphatic heterocycles. The highest BCUT2D eigenvalue weighted by Gasteiger charge is 2.17. The van der Waals surface area contributed by atoms with Crippen molar-refractivity contribution in [1.29, 1.82) is 0 Å². The van der Waals surface area contributed by atoms with E-state index >= 15 is 0 Å². The molecule has 8 heteroatoms. The number of benzene rings is 1. The van der Waals surface area contributed by atoms with Gasteiger partial charge < -0.3 is 14.5 Å². The first-order valence-electron chi connectivity index (χ1n) is 6.11. The monoisotopic (exact) mass is 299 g/mol. The molecule has 1 atom stereocenters. The molecule has 1 saturated heterocycles. The summed E-state index contributed by atoms with van der Waals surface area (Å²) in [4.78, 5) is 14.3. The molecule has 7 nitrogen and oxygen atoms in total. The number of hydrogen-bond acceptors (Lipinski definition) is 6. The van der Waals surface area contributed by atoms with Gasteiger partial charge in [-0.2, -0.15) is 4.98 Å². The van der Waals surface area contributed by atoms with Crippen LogP contribution < -0.4 is 10.1 Å². The molecular weight excluding hydrogens is 286 g/mol. The summed E-state index contributed by atoms with van der Waals surface area (Å²) in [5, 5.41) is 13.9. The summed E-state index contributed by atoms with van der Waals surface area (Å²) in [5.74, 6) is 0.462. The molecule has 1 aromatic heterocycles. The number of rotatable bonds is 4. The van der Waals surface area contributed by atoms with Gasteiger partial charge in [-0.15, -0.1) is 12.4 Å². The minimum Gasteiger partial charge on any atom is -0.450 e. The Kier molecular flexibility index (Phi) is 4.41. The van der Waals surface area contributed by atoms with Gasteiger partial charge in [-0.3, -0.25) is 10.1 Å². The first-order valence-corrected chi connectivity index (χ1v) is 6.11. The molecular formula is C12H14ClN3O4. The topological polar surface area (TPSA) is 90.4 Å². The molecule has 0 saturated carbocycles. The van der Waals surface area contributed by atoms with Gasteiger partial charge in [0, 0.05) is 24.6 Å². The summed E-state index contributed by atoms with van der Waals surface area (Å²) in [6.45, 7) is 2.49. The second-order valence-corrected chi connectivity index (χ2v) is 4.56. The average molecular weight is 300 g/mol. The average Bonchev–Trinajstić information content (AvgIpc) is 3.04. The van der Waals surface area contributed by atoms with Crippen LogP contribution in [-0.2, 0) is 0 Å². The normalized spacial score (nSPS) is 17.9. The number of ether oxygens (including phenoxy) is 1. The van der Waals surface area contributed by atoms with Crippen molar-refractivity contribution in [1.82, 2.24) is 10.3 Å². The number of oxazole rings is 1. The van der Waals surface area contributed by atoms with Crippen molar-refractivity contribution in [3.63, 3.8) is 0 Å². The third-order valence-electron chi connectivity index (χ3n) is 3.17. The summed E-state index contributed by atoms with van der Waals surface area (Å²) >= 11 is 0. The molecule has 0 bridgehead atoms. The fourth-order valence-electron chi connectivity index (χ4n) is 2.12. The third kappa shape index (κ3) is 3.00. The second-order valence-electron chi connectivity index (χ2n) is 4.56. The summed E-state index contributed by atoms with van der Waals surface area (Å²) in [6.07, 6.45) is 1.24. The molecule has 20 heavy (non-hydrogen) atoms. The van der Waals surface area contributed by atoms with E-state index in [1.165, 1.54) is 18.2 Å². The van der Waals surface area contributed by atoms with E-state index in [4.69, 9.17) is 9.15 Å². The number of nitro groups is 1. The van der Waals surface area contributed by atoms with Crippen molar-refractivity contribution >= 4 is 29.2 Å². The molecule has 1 fully saturated rings. The number of nitrogens with zero attached hydrogens (tertiary/aromatic N) is 2. The largest absolute Gasteiger partial charge is 0.450 e. The van der Waals surface area contributed by atoms with Crippen LogP contribution in [0, 0.1) is 16.0 Å². The van der Waals surface area contributed by atoms with Crippen molar-refractivity contribution in [2.45, 2.75) is 6.42 Å². The van der Waals surface area contributed by atoms with Crippen molar-refractivity contribution in [3.8, 4) is 6.08 Å². The van der Waals surface area contributed by atoms with E-state index in [0.29, 0.717) is 23.6 Å². The van der Waals surface area contributed by atoms with Gasteiger partial charge in [0.2, 0.25) is 0 Å². The van der Waals surface area contributed by atoms with Crippen LogP contribution in [0.3, 0.4) is 0 Å². The Labute approximate surface area is 120 Å². The van der Waals surface area contributed by atoms with E-state index in [9.17, 15) is 10.1 Å². The van der Waals surface area contributed by atoms with E-state index < -0.39 is 4.92 Å². The lowest BCUT2D eigenvalue weighted by Crippen LogP contribution is -2.15. The standard InChI is InChI=1S/C12H13N3O4.ClH/c16-15(17)9-1-2-11-10(5-9)14-12(19-11)18-7-8-3-4-13-6-8;/h1-2,5,8,13H,3-4,6-7H2;1H. The van der Waals surface area contributed by atoms with Crippen LogP contribution in [-0.4, -0.2) is 29.6 Å². The first-order chi connectivity index (χ1) is 9.22. The molecule has 2 heterocycles. The molecule has 0 amide bonds. The summed E-state index contributed by atoms with van der Waals surface area (Å²) in [7, 11) is 0. The Hall–Kier alpha value is -1.86. The van der Waals surface area contributed by atoms with Gasteiger partial charge >= 0.3 is 6.08 Å². The van der Waals surface area contributed by atoms with Gasteiger partial charge in [0.1, 0.15) is 5.52 Å². The molecule has 2 aromatic rings. The van der Waals surface area contributed by atoms with Gasteiger partial charge in [-0.05, 0) is 19.0 Å². The smallest absolute Gasteiger partial charge is 0.394 e. The molecule has 1 unspecified atom stereocenters. The van der Waals surface area contributed by atoms with Crippen molar-refractivity contribution < 1.29 is 14.1 Å². The molecule has 3 rings (SSSR count). The van der Waals surface area contributed by atoms with Crippen LogP contribution >= 0.6 is 12.4 Å². The molecule has 0 spiro atoms. The van der Waals surface area contributed by atoms with Crippen molar-refractivity contribution in [2.24, 2.45) is 5.92 Å². The lowest BCUT2D eigenvalue weighted by Gasteiger charge is -2.06. The number of hydrogen-bond donors (Lipinski definition) is 1. The van der Waals surface area contributed by atoms with Crippen LogP contribution in [0.15, 0.2) is 22.6 Å². The van der Waals surface area contributed by atoms with E-state index in [2.05, 4.69) is 10.3 Å². The Morgan fingerprint density at radius 2 is 2.40 bits per heavy atom. The lowest BCUT2D eigenvalue weighted by molar-refractivity contribution is -0.384. The summed E-state index contributed by atoms with van der Waals surface area (Å²) in [5.41, 5.74) is 0.922. The highest BCUT2D eigenvalue weighted by Crippen LogP contribution is 2.25. The molecule has 108 valence electrons. The molecule has 0 aliphatic carbocycles. The van der Waals surface area contributed by atoms with Crippen molar-refractivity contribution in [3.05, 3.63) is 28.3 Å². The Bertz CT molecular complexity index is 610. The van der Waals surface area contributed by atoms with Gasteiger partial charge in [0.05, 0.1) is 11.5 Å². The van der Waals surface area contributed by atoms with Crippen LogP contribution in [0.2, 0.25) is 0 Å². The van der Waals surface area contributed by atoms with E-state index in [1.54, 1.807) is 0 Å². The minimum atomic E-state index is -0.459. The number of nitrogens with one attached hydrogen (secondary N) is 1. The van der Waals surface area contributed by atoms with Crippen LogP contribution in [0.4, 0.5) is 5.69 Å². The number of non-ortho nitro benzene ring substituents is 1. The van der Waals surface area contributed by atoms with Gasteiger partial charge in [-0.1, -0.05) is 0 Å². The molecule has 1 N–H and O–H groups in total.